The second-order valence-electron chi connectivity index (χ2n) is 4.51. The summed E-state index contributed by atoms with van der Waals surface area (Å²) >= 11 is 0. The topological polar surface area (TPSA) is 24.5 Å². The molecule has 0 aliphatic carbocycles. The van der Waals surface area contributed by atoms with Crippen LogP contribution in [0.4, 0.5) is 0 Å². The van der Waals surface area contributed by atoms with Gasteiger partial charge in [0.05, 0.1) is 0 Å². The quantitative estimate of drug-likeness (QED) is 0.750. The van der Waals surface area contributed by atoms with Crippen LogP contribution in [0.2, 0.25) is 0 Å². The zero-order chi connectivity index (χ0) is 11.1. The maximum Gasteiger partial charge on any atom is 0.0477 e. The normalized spacial score (nSPS) is 26.2. The van der Waals surface area contributed by atoms with Crippen LogP contribution in [0.1, 0.15) is 33.1 Å². The third kappa shape index (κ3) is 4.49. The first-order valence-electron chi connectivity index (χ1n) is 6.24. The third-order valence-electron chi connectivity index (χ3n) is 3.45. The van der Waals surface area contributed by atoms with Crippen LogP contribution in [-0.4, -0.2) is 50.3 Å². The van der Waals surface area contributed by atoms with Crippen molar-refractivity contribution < 1.29 is 4.74 Å². The standard InChI is InChI=1S/C12H26N2O/c1-4-12-5-8-14(9-7-13-12)11(2)6-10-15-3/h11-13H,4-10H2,1-3H3. The second-order valence-corrected chi connectivity index (χ2v) is 4.51. The van der Waals surface area contributed by atoms with E-state index in [9.17, 15) is 0 Å². The molecule has 1 aliphatic heterocycles. The average molecular weight is 214 g/mol. The summed E-state index contributed by atoms with van der Waals surface area (Å²) in [5.41, 5.74) is 0. The SMILES string of the molecule is CCC1CCN(C(C)CCOC)CCN1. The predicted molar refractivity (Wildman–Crippen MR) is 64.2 cm³/mol. The van der Waals surface area contributed by atoms with E-state index in [0.29, 0.717) is 6.04 Å². The molecule has 0 aromatic carbocycles. The molecule has 1 aliphatic rings. The molecule has 1 N–H and O–H groups in total. The van der Waals surface area contributed by atoms with Crippen molar-refractivity contribution in [2.24, 2.45) is 0 Å². The van der Waals surface area contributed by atoms with Crippen LogP contribution in [0, 0.1) is 0 Å². The molecule has 1 rings (SSSR count). The van der Waals surface area contributed by atoms with Gasteiger partial charge in [-0.25, -0.2) is 0 Å². The highest BCUT2D eigenvalue weighted by Gasteiger charge is 2.18. The Kier molecular flexibility index (Phi) is 6.22. The molecule has 1 fully saturated rings. The summed E-state index contributed by atoms with van der Waals surface area (Å²) < 4.78 is 5.13. The third-order valence-corrected chi connectivity index (χ3v) is 3.45. The summed E-state index contributed by atoms with van der Waals surface area (Å²) in [5.74, 6) is 0. The number of nitrogens with zero attached hydrogens (tertiary/aromatic N) is 1. The first-order chi connectivity index (χ1) is 7.27. The predicted octanol–water partition coefficient (Wildman–Crippen LogP) is 1.49. The first kappa shape index (κ1) is 12.9. The lowest BCUT2D eigenvalue weighted by atomic mass is 10.1. The van der Waals surface area contributed by atoms with Gasteiger partial charge in [0.15, 0.2) is 0 Å². The van der Waals surface area contributed by atoms with Crippen molar-refractivity contribution in [1.29, 1.82) is 0 Å². The van der Waals surface area contributed by atoms with Crippen molar-refractivity contribution >= 4 is 0 Å². The molecule has 90 valence electrons. The average Bonchev–Trinajstić information content (AvgIpc) is 2.50. The minimum Gasteiger partial charge on any atom is -0.385 e. The molecule has 3 heteroatoms. The highest BCUT2D eigenvalue weighted by molar-refractivity contribution is 4.77. The van der Waals surface area contributed by atoms with Gasteiger partial charge in [-0.05, 0) is 32.7 Å². The van der Waals surface area contributed by atoms with E-state index in [4.69, 9.17) is 4.74 Å². The summed E-state index contributed by atoms with van der Waals surface area (Å²) in [5, 5.41) is 3.60. The van der Waals surface area contributed by atoms with Crippen LogP contribution in [0.15, 0.2) is 0 Å². The van der Waals surface area contributed by atoms with Crippen LogP contribution < -0.4 is 5.32 Å². The van der Waals surface area contributed by atoms with E-state index in [2.05, 4.69) is 24.1 Å². The van der Waals surface area contributed by atoms with Crippen LogP contribution in [0.5, 0.6) is 0 Å². The summed E-state index contributed by atoms with van der Waals surface area (Å²) in [7, 11) is 1.78. The van der Waals surface area contributed by atoms with E-state index in [0.717, 1.165) is 25.6 Å². The van der Waals surface area contributed by atoms with Gasteiger partial charge in [0.25, 0.3) is 0 Å². The Hall–Kier alpha value is -0.120. The summed E-state index contributed by atoms with van der Waals surface area (Å²) in [6.07, 6.45) is 3.68. The highest BCUT2D eigenvalue weighted by atomic mass is 16.5. The molecule has 2 unspecified atom stereocenters. The number of rotatable bonds is 5. The number of ether oxygens (including phenoxy) is 1. The maximum absolute atomic E-state index is 5.13. The van der Waals surface area contributed by atoms with Crippen LogP contribution in [-0.2, 0) is 4.74 Å². The molecule has 1 heterocycles. The Morgan fingerprint density at radius 3 is 2.93 bits per heavy atom. The second kappa shape index (κ2) is 7.20. The Morgan fingerprint density at radius 1 is 1.47 bits per heavy atom. The fraction of sp³-hybridized carbons (Fsp3) is 1.00. The molecule has 0 aromatic heterocycles. The zero-order valence-electron chi connectivity index (χ0n) is 10.5. The van der Waals surface area contributed by atoms with Crippen LogP contribution in [0.3, 0.4) is 0 Å². The van der Waals surface area contributed by atoms with E-state index in [1.165, 1.54) is 25.9 Å². The molecule has 2 atom stereocenters. The van der Waals surface area contributed by atoms with Crippen LogP contribution in [0.25, 0.3) is 0 Å². The van der Waals surface area contributed by atoms with Crippen LogP contribution >= 0.6 is 0 Å². The summed E-state index contributed by atoms with van der Waals surface area (Å²) in [4.78, 5) is 2.58. The molecule has 0 saturated carbocycles. The lowest BCUT2D eigenvalue weighted by Crippen LogP contribution is -2.36. The van der Waals surface area contributed by atoms with Crippen molar-refractivity contribution in [3.05, 3.63) is 0 Å². The van der Waals surface area contributed by atoms with Gasteiger partial charge in [0, 0.05) is 38.9 Å². The van der Waals surface area contributed by atoms with E-state index >= 15 is 0 Å². The zero-order valence-corrected chi connectivity index (χ0v) is 10.5. The Bertz CT molecular complexity index is 164. The fourth-order valence-corrected chi connectivity index (χ4v) is 2.21. The largest absolute Gasteiger partial charge is 0.385 e. The fourth-order valence-electron chi connectivity index (χ4n) is 2.21. The molecular weight excluding hydrogens is 188 g/mol. The molecule has 1 saturated heterocycles. The molecule has 0 bridgehead atoms. The molecule has 3 nitrogen and oxygen atoms in total. The lowest BCUT2D eigenvalue weighted by molar-refractivity contribution is 0.142. The molecule has 0 radical (unpaired) electrons. The maximum atomic E-state index is 5.13. The lowest BCUT2D eigenvalue weighted by Gasteiger charge is -2.27. The van der Waals surface area contributed by atoms with E-state index in [-0.39, 0.29) is 0 Å². The van der Waals surface area contributed by atoms with Crippen molar-refractivity contribution in [1.82, 2.24) is 10.2 Å². The number of hydrogen-bond donors (Lipinski definition) is 1. The monoisotopic (exact) mass is 214 g/mol. The minimum absolute atomic E-state index is 0.655. The van der Waals surface area contributed by atoms with Crippen molar-refractivity contribution in [2.45, 2.75) is 45.2 Å². The molecule has 0 spiro atoms. The van der Waals surface area contributed by atoms with Gasteiger partial charge < -0.3 is 10.1 Å². The van der Waals surface area contributed by atoms with Gasteiger partial charge in [-0.3, -0.25) is 4.90 Å². The van der Waals surface area contributed by atoms with E-state index < -0.39 is 0 Å². The summed E-state index contributed by atoms with van der Waals surface area (Å²) in [6, 6.07) is 1.38. The Labute approximate surface area is 94.2 Å². The van der Waals surface area contributed by atoms with Gasteiger partial charge in [-0.2, -0.15) is 0 Å². The van der Waals surface area contributed by atoms with Gasteiger partial charge in [0.1, 0.15) is 0 Å². The van der Waals surface area contributed by atoms with E-state index in [1.807, 2.05) is 0 Å². The number of nitrogens with one attached hydrogen (secondary N) is 1. The van der Waals surface area contributed by atoms with Gasteiger partial charge >= 0.3 is 0 Å². The molecule has 0 amide bonds. The molecule has 15 heavy (non-hydrogen) atoms. The van der Waals surface area contributed by atoms with Crippen molar-refractivity contribution in [3.63, 3.8) is 0 Å². The molecular formula is C12H26N2O. The van der Waals surface area contributed by atoms with Gasteiger partial charge in [-0.15, -0.1) is 0 Å². The number of hydrogen-bond acceptors (Lipinski definition) is 3. The number of methoxy groups -OCH3 is 1. The Morgan fingerprint density at radius 2 is 2.27 bits per heavy atom. The van der Waals surface area contributed by atoms with Crippen molar-refractivity contribution in [2.75, 3.05) is 33.4 Å². The molecule has 0 aromatic rings. The Balaban J connectivity index is 2.29. The van der Waals surface area contributed by atoms with Gasteiger partial charge in [-0.1, -0.05) is 6.92 Å². The first-order valence-corrected chi connectivity index (χ1v) is 6.24. The minimum atomic E-state index is 0.655. The van der Waals surface area contributed by atoms with Gasteiger partial charge in [0.2, 0.25) is 0 Å². The van der Waals surface area contributed by atoms with Crippen molar-refractivity contribution in [3.8, 4) is 0 Å². The highest BCUT2D eigenvalue weighted by Crippen LogP contribution is 2.10. The smallest absolute Gasteiger partial charge is 0.0477 e. The van der Waals surface area contributed by atoms with E-state index in [1.54, 1.807) is 7.11 Å². The summed E-state index contributed by atoms with van der Waals surface area (Å²) in [6.45, 7) is 9.00.